The van der Waals surface area contributed by atoms with Crippen LogP contribution in [0, 0.1) is 0 Å². The molecule has 9 heteroatoms. The predicted octanol–water partition coefficient (Wildman–Crippen LogP) is 28.0. The van der Waals surface area contributed by atoms with Gasteiger partial charge in [0.1, 0.15) is 13.2 Å². The van der Waals surface area contributed by atoms with Crippen molar-refractivity contribution in [2.24, 2.45) is 0 Å². The molecule has 0 bridgehead atoms. The Kier molecular flexibility index (Phi) is 79.1. The minimum Gasteiger partial charge on any atom is -0.477 e. The molecule has 0 fully saturated rings. The van der Waals surface area contributed by atoms with Crippen molar-refractivity contribution in [2.45, 2.75) is 347 Å². The zero-order valence-corrected chi connectivity index (χ0v) is 68.1. The van der Waals surface area contributed by atoms with Crippen molar-refractivity contribution in [3.63, 3.8) is 0 Å². The number of carbonyl (C=O) groups excluding carboxylic acids is 2. The zero-order chi connectivity index (χ0) is 76.0. The molecule has 0 aromatic rings. The standard InChI is InChI=1S/C96H157NO8/c1-6-8-10-12-14-16-18-20-22-24-26-28-30-32-34-36-38-40-42-44-46-47-49-50-52-54-56-58-60-62-64-66-68-70-72-74-76-78-80-82-84-86-93(98)103-90-92(91-104-96(95(100)101)102-89-88-97(3,4)5)105-94(99)87-85-83-81-79-77-75-73-71-69-67-65-63-61-59-57-55-53-51-48-45-43-41-39-37-35-33-31-29-27-25-23-21-19-17-15-13-11-9-7-2/h8-11,14-17,20-23,26-29,32-35,39,41,45,48,53,55,59,61,65,67,71,73,92,96H,6-7,12-13,18-19,24-25,30-31,36-38,40,42-44,46-47,49-52,54,56-58,60,62-64,66,68-70,72,74-91H2,1-5H3/p+1/b10-8-,11-9-,16-14-,17-15-,22-20-,23-21-,28-26-,29-27-,34-32-,35-33-,41-39-,48-45-,55-53-,61-59-,67-65-,73-71-. The average molecular weight is 1450 g/mol. The lowest BCUT2D eigenvalue weighted by atomic mass is 10.0. The summed E-state index contributed by atoms with van der Waals surface area (Å²) in [5.41, 5.74) is 0. The second-order valence-corrected chi connectivity index (χ2v) is 29.0. The maximum atomic E-state index is 13.0. The molecule has 0 aliphatic heterocycles. The van der Waals surface area contributed by atoms with E-state index in [1.54, 1.807) is 0 Å². The number of carboxylic acids is 1. The fourth-order valence-corrected chi connectivity index (χ4v) is 11.5. The summed E-state index contributed by atoms with van der Waals surface area (Å²) in [5.74, 6) is -2.03. The topological polar surface area (TPSA) is 108 Å². The summed E-state index contributed by atoms with van der Waals surface area (Å²) >= 11 is 0. The molecule has 1 N–H and O–H groups in total. The molecule has 0 aliphatic carbocycles. The van der Waals surface area contributed by atoms with Crippen LogP contribution in [0.2, 0.25) is 0 Å². The molecular formula is C96H158NO8+. The van der Waals surface area contributed by atoms with Gasteiger partial charge >= 0.3 is 17.9 Å². The lowest BCUT2D eigenvalue weighted by Gasteiger charge is -2.25. The Bertz CT molecular complexity index is 2450. The van der Waals surface area contributed by atoms with Crippen LogP contribution in [-0.4, -0.2) is 87.4 Å². The van der Waals surface area contributed by atoms with Crippen molar-refractivity contribution < 1.29 is 42.9 Å². The molecule has 0 saturated heterocycles. The number of ether oxygens (including phenoxy) is 4. The molecule has 0 aromatic carbocycles. The van der Waals surface area contributed by atoms with E-state index in [-0.39, 0.29) is 32.2 Å². The van der Waals surface area contributed by atoms with Gasteiger partial charge in [0, 0.05) is 12.8 Å². The molecular weight excluding hydrogens is 1300 g/mol. The maximum absolute atomic E-state index is 13.0. The van der Waals surface area contributed by atoms with Crippen LogP contribution < -0.4 is 0 Å². The van der Waals surface area contributed by atoms with Crippen molar-refractivity contribution >= 4 is 17.9 Å². The first-order valence-electron chi connectivity index (χ1n) is 42.6. The van der Waals surface area contributed by atoms with Gasteiger partial charge in [-0.05, 0) is 141 Å². The number of hydrogen-bond donors (Lipinski definition) is 1. The molecule has 0 spiro atoms. The third-order valence-corrected chi connectivity index (χ3v) is 17.8. The van der Waals surface area contributed by atoms with E-state index >= 15 is 0 Å². The largest absolute Gasteiger partial charge is 0.477 e. The van der Waals surface area contributed by atoms with Crippen LogP contribution in [0.1, 0.15) is 335 Å². The van der Waals surface area contributed by atoms with E-state index in [0.717, 1.165) is 154 Å². The summed E-state index contributed by atoms with van der Waals surface area (Å²) in [6, 6.07) is 0. The average Bonchev–Trinajstić information content (AvgIpc) is 1.97. The van der Waals surface area contributed by atoms with Crippen LogP contribution in [0.5, 0.6) is 0 Å². The van der Waals surface area contributed by atoms with Crippen LogP contribution in [0.4, 0.5) is 0 Å². The number of unbranched alkanes of at least 4 members (excludes halogenated alkanes) is 30. The second-order valence-electron chi connectivity index (χ2n) is 29.0. The van der Waals surface area contributed by atoms with Crippen molar-refractivity contribution in [3.8, 4) is 0 Å². The van der Waals surface area contributed by atoms with Gasteiger partial charge in [0.2, 0.25) is 0 Å². The summed E-state index contributed by atoms with van der Waals surface area (Å²) in [4.78, 5) is 37.8. The third kappa shape index (κ3) is 85.3. The van der Waals surface area contributed by atoms with Gasteiger partial charge in [-0.3, -0.25) is 9.59 Å². The highest BCUT2D eigenvalue weighted by atomic mass is 16.7. The van der Waals surface area contributed by atoms with Crippen molar-refractivity contribution in [1.29, 1.82) is 0 Å². The molecule has 0 amide bonds. The van der Waals surface area contributed by atoms with E-state index in [1.807, 2.05) is 21.1 Å². The number of nitrogens with zero attached hydrogens (tertiary/aromatic N) is 1. The van der Waals surface area contributed by atoms with Gasteiger partial charge in [-0.25, -0.2) is 4.79 Å². The van der Waals surface area contributed by atoms with Crippen LogP contribution in [0.25, 0.3) is 0 Å². The normalized spacial score (nSPS) is 13.6. The predicted molar refractivity (Wildman–Crippen MR) is 456 cm³/mol. The van der Waals surface area contributed by atoms with Gasteiger partial charge < -0.3 is 28.5 Å². The number of allylic oxidation sites excluding steroid dienone is 32. The summed E-state index contributed by atoms with van der Waals surface area (Å²) in [6.45, 7) is 4.63. The van der Waals surface area contributed by atoms with Gasteiger partial charge in [-0.15, -0.1) is 0 Å². The quantitative estimate of drug-likeness (QED) is 0.0211. The number of carbonyl (C=O) groups is 3. The fourth-order valence-electron chi connectivity index (χ4n) is 11.5. The van der Waals surface area contributed by atoms with Crippen molar-refractivity contribution in [3.05, 3.63) is 194 Å². The Morgan fingerprint density at radius 2 is 0.514 bits per heavy atom. The monoisotopic (exact) mass is 1450 g/mol. The Morgan fingerprint density at radius 3 is 0.762 bits per heavy atom. The minimum absolute atomic E-state index is 0.176. The molecule has 105 heavy (non-hydrogen) atoms. The van der Waals surface area contributed by atoms with Crippen LogP contribution >= 0.6 is 0 Å². The van der Waals surface area contributed by atoms with Gasteiger partial charge in [-0.2, -0.15) is 0 Å². The van der Waals surface area contributed by atoms with Crippen LogP contribution in [-0.2, 0) is 33.3 Å². The van der Waals surface area contributed by atoms with Gasteiger partial charge in [-0.1, -0.05) is 375 Å². The number of carboxylic acid groups (broad SMARTS) is 1. The summed E-state index contributed by atoms with van der Waals surface area (Å²) in [5, 5.41) is 9.79. The Hall–Kier alpha value is -5.87. The fraction of sp³-hybridized carbons (Fsp3) is 0.635. The summed E-state index contributed by atoms with van der Waals surface area (Å²) in [6.07, 6.45) is 126. The summed E-state index contributed by atoms with van der Waals surface area (Å²) in [7, 11) is 5.97. The molecule has 0 saturated carbocycles. The molecule has 0 aromatic heterocycles. The van der Waals surface area contributed by atoms with Gasteiger partial charge in [0.15, 0.2) is 6.10 Å². The molecule has 9 nitrogen and oxygen atoms in total. The van der Waals surface area contributed by atoms with E-state index in [9.17, 15) is 19.5 Å². The number of hydrogen-bond acceptors (Lipinski definition) is 7. The lowest BCUT2D eigenvalue weighted by molar-refractivity contribution is -0.870. The summed E-state index contributed by atoms with van der Waals surface area (Å²) < 4.78 is 23.0. The SMILES string of the molecule is CC/C=C\C/C=C\C/C=C\C/C=C\C/C=C\C/C=C\C/C=C\C/C=C\C/C=C\C/C=C\C/C=C\CCCCCCCC(=O)OC(COC(=O)CCCCCCCCCCCCCCCCCCCCCCCCCCC/C=C\C/C=C\C/C=C\C/C=C\C/C=C\CC)COC(OCC[N+](C)(C)C)C(=O)O. The highest BCUT2D eigenvalue weighted by molar-refractivity contribution is 5.71. The van der Waals surface area contributed by atoms with E-state index in [4.69, 9.17) is 18.9 Å². The number of rotatable bonds is 77. The molecule has 0 rings (SSSR count). The number of likely N-dealkylation sites (N-methyl/N-ethyl adjacent to an activating group) is 1. The van der Waals surface area contributed by atoms with Crippen molar-refractivity contribution in [2.75, 3.05) is 47.5 Å². The Labute approximate surface area is 646 Å². The zero-order valence-electron chi connectivity index (χ0n) is 68.1. The number of esters is 2. The molecule has 0 heterocycles. The van der Waals surface area contributed by atoms with Crippen LogP contribution in [0.15, 0.2) is 194 Å². The first-order valence-corrected chi connectivity index (χ1v) is 42.6. The number of quaternary nitrogens is 1. The molecule has 0 aliphatic rings. The van der Waals surface area contributed by atoms with Gasteiger partial charge in [0.25, 0.3) is 6.29 Å². The van der Waals surface area contributed by atoms with E-state index in [0.29, 0.717) is 23.9 Å². The van der Waals surface area contributed by atoms with E-state index in [2.05, 4.69) is 208 Å². The van der Waals surface area contributed by atoms with E-state index in [1.165, 1.54) is 148 Å². The smallest absolute Gasteiger partial charge is 0.361 e. The minimum atomic E-state index is -1.53. The first-order chi connectivity index (χ1) is 51.6. The van der Waals surface area contributed by atoms with E-state index < -0.39 is 24.3 Å². The second kappa shape index (κ2) is 83.8. The molecule has 594 valence electrons. The Balaban J connectivity index is 4.07. The molecule has 0 radical (unpaired) electrons. The first kappa shape index (κ1) is 99.1. The lowest BCUT2D eigenvalue weighted by Crippen LogP contribution is -2.40. The van der Waals surface area contributed by atoms with Crippen molar-refractivity contribution in [1.82, 2.24) is 0 Å². The van der Waals surface area contributed by atoms with Crippen LogP contribution in [0.3, 0.4) is 0 Å². The highest BCUT2D eigenvalue weighted by Gasteiger charge is 2.25. The Morgan fingerprint density at radius 1 is 0.286 bits per heavy atom. The molecule has 2 unspecified atom stereocenters. The van der Waals surface area contributed by atoms with Gasteiger partial charge in [0.05, 0.1) is 34.4 Å². The third-order valence-electron chi connectivity index (χ3n) is 17.8. The number of aliphatic carboxylic acids is 1. The molecule has 2 atom stereocenters. The maximum Gasteiger partial charge on any atom is 0.361 e. The highest BCUT2D eigenvalue weighted by Crippen LogP contribution is 2.18.